The molecule has 24 heavy (non-hydrogen) atoms. The van der Waals surface area contributed by atoms with Crippen LogP contribution in [0.5, 0.6) is 0 Å². The predicted octanol–water partition coefficient (Wildman–Crippen LogP) is 2.01. The standard InChI is InChI=1S/C17H22N4O2S/c1-3-21(4-2)17(23)13-7-5-12(6-8-13)10-19-16(22)14-11-24-15(9-18)20-14/h5-8,11H,3-4,9-10,18H2,1-2H3,(H,19,22). The molecule has 2 amide bonds. The van der Waals surface area contributed by atoms with Gasteiger partial charge in [0.05, 0.1) is 0 Å². The van der Waals surface area contributed by atoms with Crippen LogP contribution in [0.4, 0.5) is 0 Å². The summed E-state index contributed by atoms with van der Waals surface area (Å²) in [5.74, 6) is -0.207. The summed E-state index contributed by atoms with van der Waals surface area (Å²) in [7, 11) is 0. The number of rotatable bonds is 7. The summed E-state index contributed by atoms with van der Waals surface area (Å²) >= 11 is 1.37. The summed E-state index contributed by atoms with van der Waals surface area (Å²) in [5.41, 5.74) is 7.45. The number of carbonyl (C=O) groups excluding carboxylic acids is 2. The Morgan fingerprint density at radius 3 is 2.42 bits per heavy atom. The van der Waals surface area contributed by atoms with Gasteiger partial charge in [-0.15, -0.1) is 11.3 Å². The Labute approximate surface area is 145 Å². The normalized spacial score (nSPS) is 10.5. The lowest BCUT2D eigenvalue weighted by atomic mass is 10.1. The molecule has 2 rings (SSSR count). The number of amides is 2. The molecular weight excluding hydrogens is 324 g/mol. The van der Waals surface area contributed by atoms with Crippen molar-refractivity contribution in [2.75, 3.05) is 13.1 Å². The second-order valence-electron chi connectivity index (χ2n) is 5.19. The van der Waals surface area contributed by atoms with Crippen molar-refractivity contribution in [2.24, 2.45) is 5.73 Å². The van der Waals surface area contributed by atoms with Crippen LogP contribution >= 0.6 is 11.3 Å². The van der Waals surface area contributed by atoms with Crippen LogP contribution in [0, 0.1) is 0 Å². The molecule has 0 saturated heterocycles. The molecule has 1 aromatic heterocycles. The van der Waals surface area contributed by atoms with E-state index in [-0.39, 0.29) is 11.8 Å². The Kier molecular flexibility index (Phi) is 6.45. The summed E-state index contributed by atoms with van der Waals surface area (Å²) in [6.45, 7) is 6.00. The molecule has 0 aliphatic rings. The average Bonchev–Trinajstić information content (AvgIpc) is 3.10. The van der Waals surface area contributed by atoms with Gasteiger partial charge in [0.2, 0.25) is 0 Å². The second kappa shape index (κ2) is 8.56. The van der Waals surface area contributed by atoms with E-state index in [2.05, 4.69) is 10.3 Å². The molecule has 0 radical (unpaired) electrons. The molecule has 2 aromatic rings. The first-order valence-electron chi connectivity index (χ1n) is 7.89. The summed E-state index contributed by atoms with van der Waals surface area (Å²) in [4.78, 5) is 30.2. The maximum absolute atomic E-state index is 12.2. The molecule has 7 heteroatoms. The van der Waals surface area contributed by atoms with E-state index < -0.39 is 0 Å². The van der Waals surface area contributed by atoms with Crippen molar-refractivity contribution < 1.29 is 9.59 Å². The van der Waals surface area contributed by atoms with Crippen LogP contribution in [0.25, 0.3) is 0 Å². The fourth-order valence-electron chi connectivity index (χ4n) is 2.24. The van der Waals surface area contributed by atoms with Gasteiger partial charge in [-0.1, -0.05) is 12.1 Å². The van der Waals surface area contributed by atoms with Crippen LogP contribution in [-0.2, 0) is 13.1 Å². The lowest BCUT2D eigenvalue weighted by Gasteiger charge is -2.18. The maximum Gasteiger partial charge on any atom is 0.271 e. The quantitative estimate of drug-likeness (QED) is 0.803. The molecule has 0 atom stereocenters. The van der Waals surface area contributed by atoms with E-state index in [0.717, 1.165) is 10.6 Å². The highest BCUT2D eigenvalue weighted by molar-refractivity contribution is 7.09. The number of thiazole rings is 1. The molecule has 0 spiro atoms. The van der Waals surface area contributed by atoms with Gasteiger partial charge >= 0.3 is 0 Å². The van der Waals surface area contributed by atoms with E-state index in [0.29, 0.717) is 37.4 Å². The highest BCUT2D eigenvalue weighted by Gasteiger charge is 2.13. The third kappa shape index (κ3) is 4.39. The zero-order chi connectivity index (χ0) is 17.5. The molecule has 1 heterocycles. The molecule has 3 N–H and O–H groups in total. The number of nitrogens with two attached hydrogens (primary N) is 1. The van der Waals surface area contributed by atoms with Gasteiger partial charge in [0.1, 0.15) is 10.7 Å². The van der Waals surface area contributed by atoms with Crippen LogP contribution in [0.1, 0.15) is 45.3 Å². The van der Waals surface area contributed by atoms with Crippen LogP contribution in [0.2, 0.25) is 0 Å². The summed E-state index contributed by atoms with van der Waals surface area (Å²) in [6.07, 6.45) is 0. The SMILES string of the molecule is CCN(CC)C(=O)c1ccc(CNC(=O)c2csc(CN)n2)cc1. The van der Waals surface area contributed by atoms with Gasteiger partial charge in [0.15, 0.2) is 0 Å². The summed E-state index contributed by atoms with van der Waals surface area (Å²) in [5, 5.41) is 5.25. The predicted molar refractivity (Wildman–Crippen MR) is 94.9 cm³/mol. The van der Waals surface area contributed by atoms with Crippen molar-refractivity contribution in [3.05, 3.63) is 51.5 Å². The molecule has 0 aliphatic carbocycles. The Bertz CT molecular complexity index is 693. The fourth-order valence-corrected chi connectivity index (χ4v) is 2.90. The van der Waals surface area contributed by atoms with Gasteiger partial charge in [-0.2, -0.15) is 0 Å². The Morgan fingerprint density at radius 1 is 1.21 bits per heavy atom. The molecule has 0 unspecified atom stereocenters. The lowest BCUT2D eigenvalue weighted by Crippen LogP contribution is -2.30. The molecule has 0 saturated carbocycles. The first-order chi connectivity index (χ1) is 11.6. The average molecular weight is 346 g/mol. The Morgan fingerprint density at radius 2 is 1.88 bits per heavy atom. The third-order valence-electron chi connectivity index (χ3n) is 3.66. The van der Waals surface area contributed by atoms with E-state index in [1.807, 2.05) is 26.0 Å². The van der Waals surface area contributed by atoms with E-state index in [1.165, 1.54) is 11.3 Å². The van der Waals surface area contributed by atoms with Gasteiger partial charge < -0.3 is 16.0 Å². The van der Waals surface area contributed by atoms with Gasteiger partial charge in [-0.3, -0.25) is 9.59 Å². The van der Waals surface area contributed by atoms with E-state index in [4.69, 9.17) is 5.73 Å². The molecule has 0 bridgehead atoms. The number of aromatic nitrogens is 1. The minimum absolute atomic E-state index is 0.0207. The molecule has 0 fully saturated rings. The largest absolute Gasteiger partial charge is 0.347 e. The van der Waals surface area contributed by atoms with Crippen molar-refractivity contribution in [2.45, 2.75) is 26.9 Å². The van der Waals surface area contributed by atoms with Crippen LogP contribution in [0.15, 0.2) is 29.6 Å². The zero-order valence-corrected chi connectivity index (χ0v) is 14.7. The number of nitrogens with one attached hydrogen (secondary N) is 1. The molecule has 128 valence electrons. The minimum atomic E-state index is -0.228. The Balaban J connectivity index is 1.94. The van der Waals surface area contributed by atoms with Crippen molar-refractivity contribution in [1.82, 2.24) is 15.2 Å². The first-order valence-corrected chi connectivity index (χ1v) is 8.77. The van der Waals surface area contributed by atoms with Crippen molar-refractivity contribution in [3.63, 3.8) is 0 Å². The number of carbonyl (C=O) groups is 2. The summed E-state index contributed by atoms with van der Waals surface area (Å²) < 4.78 is 0. The lowest BCUT2D eigenvalue weighted by molar-refractivity contribution is 0.0772. The van der Waals surface area contributed by atoms with Crippen LogP contribution in [-0.4, -0.2) is 34.8 Å². The van der Waals surface area contributed by atoms with Crippen LogP contribution < -0.4 is 11.1 Å². The van der Waals surface area contributed by atoms with Gasteiger partial charge in [0, 0.05) is 37.1 Å². The van der Waals surface area contributed by atoms with Crippen LogP contribution in [0.3, 0.4) is 0 Å². The first kappa shape index (κ1) is 18.1. The maximum atomic E-state index is 12.2. The highest BCUT2D eigenvalue weighted by atomic mass is 32.1. The van der Waals surface area contributed by atoms with Crippen molar-refractivity contribution in [1.29, 1.82) is 0 Å². The van der Waals surface area contributed by atoms with Gasteiger partial charge in [-0.05, 0) is 31.5 Å². The summed E-state index contributed by atoms with van der Waals surface area (Å²) in [6, 6.07) is 7.28. The number of nitrogens with zero attached hydrogens (tertiary/aromatic N) is 2. The third-order valence-corrected chi connectivity index (χ3v) is 4.53. The topological polar surface area (TPSA) is 88.3 Å². The van der Waals surface area contributed by atoms with Gasteiger partial charge in [0.25, 0.3) is 11.8 Å². The number of hydrogen-bond acceptors (Lipinski definition) is 5. The zero-order valence-electron chi connectivity index (χ0n) is 13.9. The monoisotopic (exact) mass is 346 g/mol. The Hall–Kier alpha value is -2.25. The number of benzene rings is 1. The van der Waals surface area contributed by atoms with Crippen molar-refractivity contribution in [3.8, 4) is 0 Å². The van der Waals surface area contributed by atoms with Gasteiger partial charge in [-0.25, -0.2) is 4.98 Å². The number of hydrogen-bond donors (Lipinski definition) is 2. The fraction of sp³-hybridized carbons (Fsp3) is 0.353. The highest BCUT2D eigenvalue weighted by Crippen LogP contribution is 2.10. The molecule has 1 aromatic carbocycles. The minimum Gasteiger partial charge on any atom is -0.347 e. The molecule has 6 nitrogen and oxygen atoms in total. The van der Waals surface area contributed by atoms with E-state index >= 15 is 0 Å². The smallest absolute Gasteiger partial charge is 0.271 e. The van der Waals surface area contributed by atoms with E-state index in [9.17, 15) is 9.59 Å². The molecule has 0 aliphatic heterocycles. The van der Waals surface area contributed by atoms with Crippen molar-refractivity contribution >= 4 is 23.2 Å². The van der Waals surface area contributed by atoms with E-state index in [1.54, 1.807) is 22.4 Å². The molecular formula is C17H22N4O2S. The second-order valence-corrected chi connectivity index (χ2v) is 6.13.